The molecular weight excluding hydrogens is 268 g/mol. The average molecular weight is 281 g/mol. The molecule has 0 radical (unpaired) electrons. The zero-order valence-corrected chi connectivity index (χ0v) is 10.6. The Hall–Kier alpha value is -1.29. The molecule has 0 aliphatic rings. The molecule has 3 nitrogen and oxygen atoms in total. The molecule has 0 aliphatic heterocycles. The van der Waals surface area contributed by atoms with E-state index in [1.165, 1.54) is 0 Å². The van der Waals surface area contributed by atoms with E-state index in [0.29, 0.717) is 6.04 Å². The second-order valence-electron chi connectivity index (χ2n) is 3.69. The number of anilines is 1. The SMILES string of the molecule is CC(Cc1ccco1)Nc1ccc(Br)cn1. The van der Waals surface area contributed by atoms with Crippen LogP contribution in [0.25, 0.3) is 0 Å². The van der Waals surface area contributed by atoms with Crippen molar-refractivity contribution < 1.29 is 4.42 Å². The molecular formula is C12H13BrN2O. The predicted octanol–water partition coefficient (Wildman–Crippen LogP) is 3.48. The maximum atomic E-state index is 5.29. The number of furan rings is 1. The van der Waals surface area contributed by atoms with Crippen molar-refractivity contribution in [2.45, 2.75) is 19.4 Å². The smallest absolute Gasteiger partial charge is 0.126 e. The van der Waals surface area contributed by atoms with Gasteiger partial charge in [-0.3, -0.25) is 0 Å². The van der Waals surface area contributed by atoms with Crippen molar-refractivity contribution in [3.05, 3.63) is 47.0 Å². The van der Waals surface area contributed by atoms with Crippen LogP contribution in [0.3, 0.4) is 0 Å². The van der Waals surface area contributed by atoms with Crippen LogP contribution in [0.5, 0.6) is 0 Å². The van der Waals surface area contributed by atoms with Crippen molar-refractivity contribution in [2.75, 3.05) is 5.32 Å². The number of rotatable bonds is 4. The Kier molecular flexibility index (Phi) is 3.62. The Labute approximate surface area is 103 Å². The molecule has 0 aromatic carbocycles. The maximum absolute atomic E-state index is 5.29. The van der Waals surface area contributed by atoms with Gasteiger partial charge in [-0.15, -0.1) is 0 Å². The number of pyridine rings is 1. The average Bonchev–Trinajstić information content (AvgIpc) is 2.74. The van der Waals surface area contributed by atoms with Gasteiger partial charge in [-0.25, -0.2) is 4.98 Å². The van der Waals surface area contributed by atoms with Crippen LogP contribution in [0.1, 0.15) is 12.7 Å². The zero-order chi connectivity index (χ0) is 11.4. The highest BCUT2D eigenvalue weighted by atomic mass is 79.9. The fourth-order valence-corrected chi connectivity index (χ4v) is 1.73. The van der Waals surface area contributed by atoms with Gasteiger partial charge in [0.05, 0.1) is 6.26 Å². The molecule has 2 heterocycles. The van der Waals surface area contributed by atoms with Crippen molar-refractivity contribution in [2.24, 2.45) is 0 Å². The zero-order valence-electron chi connectivity index (χ0n) is 8.98. The minimum atomic E-state index is 0.292. The molecule has 84 valence electrons. The van der Waals surface area contributed by atoms with E-state index in [4.69, 9.17) is 4.42 Å². The van der Waals surface area contributed by atoms with Gasteiger partial charge >= 0.3 is 0 Å². The quantitative estimate of drug-likeness (QED) is 0.932. The van der Waals surface area contributed by atoms with E-state index in [2.05, 4.69) is 33.2 Å². The Morgan fingerprint density at radius 2 is 2.31 bits per heavy atom. The second kappa shape index (κ2) is 5.16. The third-order valence-corrected chi connectivity index (χ3v) is 2.68. The van der Waals surface area contributed by atoms with Gasteiger partial charge in [-0.1, -0.05) is 0 Å². The molecule has 0 aliphatic carbocycles. The summed E-state index contributed by atoms with van der Waals surface area (Å²) in [6.45, 7) is 2.10. The Morgan fingerprint density at radius 1 is 1.44 bits per heavy atom. The maximum Gasteiger partial charge on any atom is 0.126 e. The summed E-state index contributed by atoms with van der Waals surface area (Å²) in [4.78, 5) is 4.26. The highest BCUT2D eigenvalue weighted by Crippen LogP contribution is 2.12. The molecule has 2 aromatic heterocycles. The minimum Gasteiger partial charge on any atom is -0.469 e. The molecule has 0 fully saturated rings. The molecule has 16 heavy (non-hydrogen) atoms. The van der Waals surface area contributed by atoms with Crippen LogP contribution < -0.4 is 5.32 Å². The van der Waals surface area contributed by atoms with E-state index in [0.717, 1.165) is 22.5 Å². The van der Waals surface area contributed by atoms with E-state index < -0.39 is 0 Å². The highest BCUT2D eigenvalue weighted by molar-refractivity contribution is 9.10. The highest BCUT2D eigenvalue weighted by Gasteiger charge is 2.05. The molecule has 1 N–H and O–H groups in total. The van der Waals surface area contributed by atoms with Crippen LogP contribution in [-0.4, -0.2) is 11.0 Å². The largest absolute Gasteiger partial charge is 0.469 e. The van der Waals surface area contributed by atoms with Crippen molar-refractivity contribution in [1.29, 1.82) is 0 Å². The lowest BCUT2D eigenvalue weighted by molar-refractivity contribution is 0.497. The summed E-state index contributed by atoms with van der Waals surface area (Å²) < 4.78 is 6.28. The summed E-state index contributed by atoms with van der Waals surface area (Å²) >= 11 is 3.35. The first-order valence-electron chi connectivity index (χ1n) is 5.14. The van der Waals surface area contributed by atoms with Crippen molar-refractivity contribution in [1.82, 2.24) is 4.98 Å². The first-order valence-corrected chi connectivity index (χ1v) is 5.94. The van der Waals surface area contributed by atoms with E-state index in [1.54, 1.807) is 12.5 Å². The van der Waals surface area contributed by atoms with Gasteiger partial charge in [0.1, 0.15) is 11.6 Å². The molecule has 0 bridgehead atoms. The van der Waals surface area contributed by atoms with E-state index >= 15 is 0 Å². The van der Waals surface area contributed by atoms with Crippen LogP contribution in [0.15, 0.2) is 45.6 Å². The van der Waals surface area contributed by atoms with Gasteiger partial charge in [0.25, 0.3) is 0 Å². The Balaban J connectivity index is 1.92. The molecule has 1 unspecified atom stereocenters. The minimum absolute atomic E-state index is 0.292. The molecule has 4 heteroatoms. The molecule has 0 spiro atoms. The van der Waals surface area contributed by atoms with Crippen LogP contribution in [-0.2, 0) is 6.42 Å². The van der Waals surface area contributed by atoms with E-state index in [1.807, 2.05) is 24.3 Å². The topological polar surface area (TPSA) is 38.1 Å². The van der Waals surface area contributed by atoms with Crippen molar-refractivity contribution >= 4 is 21.7 Å². The summed E-state index contributed by atoms with van der Waals surface area (Å²) in [5, 5.41) is 3.32. The number of hydrogen-bond acceptors (Lipinski definition) is 3. The number of aromatic nitrogens is 1. The molecule has 2 aromatic rings. The molecule has 0 amide bonds. The standard InChI is InChI=1S/C12H13BrN2O/c1-9(7-11-3-2-6-16-11)15-12-5-4-10(13)8-14-12/h2-6,8-9H,7H2,1H3,(H,14,15). The van der Waals surface area contributed by atoms with Gasteiger partial charge < -0.3 is 9.73 Å². The molecule has 1 atom stereocenters. The Morgan fingerprint density at radius 3 is 2.94 bits per heavy atom. The fraction of sp³-hybridized carbons (Fsp3) is 0.250. The predicted molar refractivity (Wildman–Crippen MR) is 67.4 cm³/mol. The lowest BCUT2D eigenvalue weighted by Gasteiger charge is -2.12. The van der Waals surface area contributed by atoms with Crippen LogP contribution in [0.4, 0.5) is 5.82 Å². The second-order valence-corrected chi connectivity index (χ2v) is 4.61. The first-order chi connectivity index (χ1) is 7.74. The van der Waals surface area contributed by atoms with Gasteiger partial charge in [0.2, 0.25) is 0 Å². The summed E-state index contributed by atoms with van der Waals surface area (Å²) in [7, 11) is 0. The van der Waals surface area contributed by atoms with Gasteiger partial charge in [-0.2, -0.15) is 0 Å². The number of nitrogens with one attached hydrogen (secondary N) is 1. The van der Waals surface area contributed by atoms with Gasteiger partial charge in [0.15, 0.2) is 0 Å². The number of halogens is 1. The molecule has 0 saturated carbocycles. The summed E-state index contributed by atoms with van der Waals surface area (Å²) in [5.41, 5.74) is 0. The Bertz CT molecular complexity index is 425. The van der Waals surface area contributed by atoms with Gasteiger partial charge in [0, 0.05) is 23.1 Å². The van der Waals surface area contributed by atoms with Crippen molar-refractivity contribution in [3.63, 3.8) is 0 Å². The van der Waals surface area contributed by atoms with Crippen LogP contribution in [0.2, 0.25) is 0 Å². The van der Waals surface area contributed by atoms with Gasteiger partial charge in [-0.05, 0) is 47.1 Å². The first kappa shape index (κ1) is 11.2. The summed E-state index contributed by atoms with van der Waals surface area (Å²) in [6, 6.07) is 8.09. The van der Waals surface area contributed by atoms with E-state index in [-0.39, 0.29) is 0 Å². The van der Waals surface area contributed by atoms with E-state index in [9.17, 15) is 0 Å². The lowest BCUT2D eigenvalue weighted by Crippen LogP contribution is -2.18. The lowest BCUT2D eigenvalue weighted by atomic mass is 10.2. The monoisotopic (exact) mass is 280 g/mol. The normalized spacial score (nSPS) is 12.4. The summed E-state index contributed by atoms with van der Waals surface area (Å²) in [5.74, 6) is 1.86. The molecule has 2 rings (SSSR count). The third kappa shape index (κ3) is 3.10. The number of nitrogens with zero attached hydrogens (tertiary/aromatic N) is 1. The number of hydrogen-bond donors (Lipinski definition) is 1. The fourth-order valence-electron chi connectivity index (χ4n) is 1.50. The van der Waals surface area contributed by atoms with Crippen LogP contribution >= 0.6 is 15.9 Å². The molecule has 0 saturated heterocycles. The van der Waals surface area contributed by atoms with Crippen molar-refractivity contribution in [3.8, 4) is 0 Å². The van der Waals surface area contributed by atoms with Crippen LogP contribution in [0, 0.1) is 0 Å². The summed E-state index contributed by atoms with van der Waals surface area (Å²) in [6.07, 6.45) is 4.33. The third-order valence-electron chi connectivity index (χ3n) is 2.21.